The molecule has 37 heavy (non-hydrogen) atoms. The predicted molar refractivity (Wildman–Crippen MR) is 125 cm³/mol. The van der Waals surface area contributed by atoms with Crippen molar-refractivity contribution < 1.29 is 27.1 Å². The molecule has 2 aliphatic carbocycles. The first kappa shape index (κ1) is 23.4. The molecular weight excluding hydrogens is 491 g/mol. The molecule has 0 bridgehead atoms. The lowest BCUT2D eigenvalue weighted by molar-refractivity contribution is 0.0928. The SMILES string of the molecule is N#Cc1cc(F)cc2c1[C@@H](c1cc(F)c(-c3cnc4c(N)cccn34)c3c1C[C@@H](F)[C@H]3O)C[C@H](F)[C@@H]2F. The van der Waals surface area contributed by atoms with Crippen LogP contribution in [0.3, 0.4) is 0 Å². The third kappa shape index (κ3) is 3.34. The molecule has 188 valence electrons. The highest BCUT2D eigenvalue weighted by atomic mass is 19.2. The number of imidazole rings is 1. The van der Waals surface area contributed by atoms with Gasteiger partial charge in [-0.15, -0.1) is 0 Å². The molecule has 0 aliphatic heterocycles. The van der Waals surface area contributed by atoms with Crippen LogP contribution in [0.25, 0.3) is 16.9 Å². The van der Waals surface area contributed by atoms with Crippen LogP contribution in [0.1, 0.15) is 58.0 Å². The number of nitrogen functional groups attached to an aromatic ring is 1. The van der Waals surface area contributed by atoms with Gasteiger partial charge < -0.3 is 10.8 Å². The monoisotopic (exact) mass is 510 g/mol. The van der Waals surface area contributed by atoms with Crippen LogP contribution in [0.5, 0.6) is 0 Å². The number of aliphatic hydroxyl groups is 1. The van der Waals surface area contributed by atoms with E-state index in [2.05, 4.69) is 4.98 Å². The number of hydrogen-bond donors (Lipinski definition) is 2. The van der Waals surface area contributed by atoms with Crippen LogP contribution < -0.4 is 5.73 Å². The molecule has 0 saturated carbocycles. The van der Waals surface area contributed by atoms with Gasteiger partial charge in [0, 0.05) is 24.1 Å². The molecule has 5 nitrogen and oxygen atoms in total. The summed E-state index contributed by atoms with van der Waals surface area (Å²) in [6.07, 6.45) is -5.49. The summed E-state index contributed by atoms with van der Waals surface area (Å²) in [6.45, 7) is 0. The van der Waals surface area contributed by atoms with Crippen molar-refractivity contribution >= 4 is 11.3 Å². The van der Waals surface area contributed by atoms with Crippen molar-refractivity contribution in [3.63, 3.8) is 0 Å². The highest BCUT2D eigenvalue weighted by Gasteiger charge is 2.43. The Morgan fingerprint density at radius 1 is 1.08 bits per heavy atom. The molecule has 0 unspecified atom stereocenters. The van der Waals surface area contributed by atoms with Gasteiger partial charge in [0.2, 0.25) is 0 Å². The third-order valence-corrected chi connectivity index (χ3v) is 7.42. The number of hydrogen-bond acceptors (Lipinski definition) is 4. The molecular formula is C27H19F5N4O. The fourth-order valence-corrected chi connectivity index (χ4v) is 5.85. The molecule has 4 aromatic rings. The van der Waals surface area contributed by atoms with Crippen molar-refractivity contribution in [2.75, 3.05) is 5.73 Å². The van der Waals surface area contributed by atoms with Crippen molar-refractivity contribution in [2.45, 2.75) is 43.4 Å². The second-order valence-electron chi connectivity index (χ2n) is 9.45. The summed E-state index contributed by atoms with van der Waals surface area (Å²) in [5, 5.41) is 20.4. The molecule has 0 spiro atoms. The van der Waals surface area contributed by atoms with Crippen LogP contribution in [0.15, 0.2) is 42.7 Å². The lowest BCUT2D eigenvalue weighted by atomic mass is 9.73. The minimum atomic E-state index is -2.17. The minimum Gasteiger partial charge on any atom is -0.396 e. The molecule has 5 atom stereocenters. The number of pyridine rings is 1. The number of anilines is 1. The van der Waals surface area contributed by atoms with Crippen molar-refractivity contribution in [2.24, 2.45) is 0 Å². The maximum atomic E-state index is 16.0. The quantitative estimate of drug-likeness (QED) is 0.347. The van der Waals surface area contributed by atoms with Crippen molar-refractivity contribution in [1.82, 2.24) is 9.38 Å². The first-order valence-corrected chi connectivity index (χ1v) is 11.6. The van der Waals surface area contributed by atoms with Crippen LogP contribution in [0, 0.1) is 23.0 Å². The summed E-state index contributed by atoms with van der Waals surface area (Å²) in [5.74, 6) is -2.80. The fraction of sp³-hybridized carbons (Fsp3) is 0.259. The lowest BCUT2D eigenvalue weighted by Gasteiger charge is -2.33. The summed E-state index contributed by atoms with van der Waals surface area (Å²) in [7, 11) is 0. The van der Waals surface area contributed by atoms with Gasteiger partial charge in [-0.1, -0.05) is 0 Å². The molecule has 2 heterocycles. The number of nitriles is 1. The van der Waals surface area contributed by atoms with Crippen LogP contribution in [0.2, 0.25) is 0 Å². The zero-order chi connectivity index (χ0) is 26.2. The number of aromatic nitrogens is 2. The third-order valence-electron chi connectivity index (χ3n) is 7.42. The zero-order valence-corrected chi connectivity index (χ0v) is 19.1. The van der Waals surface area contributed by atoms with E-state index in [1.165, 1.54) is 10.6 Å². The fourth-order valence-electron chi connectivity index (χ4n) is 5.85. The van der Waals surface area contributed by atoms with Gasteiger partial charge in [-0.05, 0) is 64.6 Å². The summed E-state index contributed by atoms with van der Waals surface area (Å²) in [4.78, 5) is 4.23. The molecule has 6 rings (SSSR count). The zero-order valence-electron chi connectivity index (χ0n) is 19.1. The summed E-state index contributed by atoms with van der Waals surface area (Å²) in [5.41, 5.74) is 6.64. The highest BCUT2D eigenvalue weighted by molar-refractivity contribution is 5.76. The first-order chi connectivity index (χ1) is 17.7. The van der Waals surface area contributed by atoms with Crippen LogP contribution >= 0.6 is 0 Å². The maximum absolute atomic E-state index is 16.0. The number of aliphatic hydroxyl groups excluding tert-OH is 1. The Bertz CT molecular complexity index is 1630. The Balaban J connectivity index is 1.63. The van der Waals surface area contributed by atoms with Gasteiger partial charge in [0.25, 0.3) is 0 Å². The molecule has 2 aromatic carbocycles. The number of nitrogens with two attached hydrogens (primary N) is 1. The van der Waals surface area contributed by atoms with Gasteiger partial charge in [-0.3, -0.25) is 4.40 Å². The van der Waals surface area contributed by atoms with Gasteiger partial charge in [-0.25, -0.2) is 26.9 Å². The smallest absolute Gasteiger partial charge is 0.160 e. The molecule has 3 N–H and O–H groups in total. The normalized spacial score (nSPS) is 24.6. The van der Waals surface area contributed by atoms with Crippen molar-refractivity contribution in [3.05, 3.63) is 87.7 Å². The largest absolute Gasteiger partial charge is 0.396 e. The molecule has 0 radical (unpaired) electrons. The summed E-state index contributed by atoms with van der Waals surface area (Å²) < 4.78 is 76.2. The Labute approximate surface area is 207 Å². The Kier molecular flexibility index (Phi) is 5.24. The van der Waals surface area contributed by atoms with Gasteiger partial charge in [0.1, 0.15) is 30.1 Å². The lowest BCUT2D eigenvalue weighted by Crippen LogP contribution is -2.25. The number of alkyl halides is 3. The van der Waals surface area contributed by atoms with E-state index in [0.717, 1.165) is 18.2 Å². The van der Waals surface area contributed by atoms with Crippen molar-refractivity contribution in [3.8, 4) is 17.3 Å². The molecule has 10 heteroatoms. The van der Waals surface area contributed by atoms with Gasteiger partial charge in [0.15, 0.2) is 11.8 Å². The minimum absolute atomic E-state index is 0.0216. The van der Waals surface area contributed by atoms with E-state index in [1.807, 2.05) is 6.07 Å². The molecule has 0 fully saturated rings. The Morgan fingerprint density at radius 3 is 2.62 bits per heavy atom. The van der Waals surface area contributed by atoms with Crippen LogP contribution in [-0.4, -0.2) is 26.8 Å². The molecule has 2 aromatic heterocycles. The maximum Gasteiger partial charge on any atom is 0.160 e. The Morgan fingerprint density at radius 2 is 1.86 bits per heavy atom. The van der Waals surface area contributed by atoms with E-state index in [-0.39, 0.29) is 51.1 Å². The summed E-state index contributed by atoms with van der Waals surface area (Å²) in [6, 6.07) is 7.92. The first-order valence-electron chi connectivity index (χ1n) is 11.6. The van der Waals surface area contributed by atoms with Gasteiger partial charge in [-0.2, -0.15) is 5.26 Å². The molecule has 2 aliphatic rings. The van der Waals surface area contributed by atoms with E-state index in [0.29, 0.717) is 11.3 Å². The van der Waals surface area contributed by atoms with Crippen LogP contribution in [0.4, 0.5) is 27.6 Å². The predicted octanol–water partition coefficient (Wildman–Crippen LogP) is 5.55. The van der Waals surface area contributed by atoms with E-state index < -0.39 is 48.6 Å². The second kappa shape index (κ2) is 8.28. The average Bonchev–Trinajstić information content (AvgIpc) is 3.43. The number of benzene rings is 2. The Hall–Kier alpha value is -3.97. The second-order valence-corrected chi connectivity index (χ2v) is 9.45. The van der Waals surface area contributed by atoms with E-state index in [4.69, 9.17) is 5.73 Å². The number of nitrogens with zero attached hydrogens (tertiary/aromatic N) is 3. The molecule has 0 amide bonds. The van der Waals surface area contributed by atoms with E-state index >= 15 is 4.39 Å². The van der Waals surface area contributed by atoms with Crippen molar-refractivity contribution in [1.29, 1.82) is 5.26 Å². The number of halogens is 5. The highest BCUT2D eigenvalue weighted by Crippen LogP contribution is 2.51. The number of rotatable bonds is 2. The average molecular weight is 510 g/mol. The van der Waals surface area contributed by atoms with Crippen LogP contribution in [-0.2, 0) is 6.42 Å². The van der Waals surface area contributed by atoms with E-state index in [1.54, 1.807) is 18.3 Å². The van der Waals surface area contributed by atoms with Gasteiger partial charge in [0.05, 0.1) is 29.2 Å². The number of fused-ring (bicyclic) bond motifs is 3. The molecule has 0 saturated heterocycles. The van der Waals surface area contributed by atoms with Gasteiger partial charge >= 0.3 is 0 Å². The summed E-state index contributed by atoms with van der Waals surface area (Å²) >= 11 is 0. The topological polar surface area (TPSA) is 87.3 Å². The standard InChI is InChI=1S/C27H19F5N4O/c28-12-4-11(9-33)22-14(7-18(30)25(32)16(22)5-12)13-6-17(29)24(23-15(13)8-19(31)26(23)37)21-10-35-27-20(34)2-1-3-36(21)27/h1-6,10,14,18-19,25-26,37H,7-8,34H2/t14-,18+,19-,25-,26-/m1/s1. The van der Waals surface area contributed by atoms with E-state index in [9.17, 15) is 27.9 Å².